The van der Waals surface area contributed by atoms with Crippen molar-refractivity contribution in [1.82, 2.24) is 10.2 Å². The second kappa shape index (κ2) is 6.36. The Morgan fingerprint density at radius 3 is 2.89 bits per heavy atom. The fourth-order valence-corrected chi connectivity index (χ4v) is 2.25. The van der Waals surface area contributed by atoms with E-state index in [1.54, 1.807) is 6.08 Å². The molecule has 0 unspecified atom stereocenters. The van der Waals surface area contributed by atoms with Crippen LogP contribution in [0.1, 0.15) is 18.9 Å². The van der Waals surface area contributed by atoms with E-state index in [2.05, 4.69) is 34.5 Å². The Kier molecular flexibility index (Phi) is 4.53. The summed E-state index contributed by atoms with van der Waals surface area (Å²) < 4.78 is 0. The first kappa shape index (κ1) is 12.8. The Balaban J connectivity index is 1.87. The third-order valence-corrected chi connectivity index (χ3v) is 3.11. The summed E-state index contributed by atoms with van der Waals surface area (Å²) in [5.74, 6) is 0.0362. The molecule has 0 atom stereocenters. The number of likely N-dealkylation sites (N-methyl/N-ethyl adjacent to an activating group) is 1. The molecular weight excluding hydrogens is 224 g/mol. The molecule has 2 rings (SSSR count). The van der Waals surface area contributed by atoms with Gasteiger partial charge in [-0.1, -0.05) is 30.3 Å². The van der Waals surface area contributed by atoms with E-state index in [4.69, 9.17) is 0 Å². The highest BCUT2D eigenvalue weighted by atomic mass is 16.1. The van der Waals surface area contributed by atoms with Crippen LogP contribution in [0.2, 0.25) is 0 Å². The minimum atomic E-state index is 0.0362. The summed E-state index contributed by atoms with van der Waals surface area (Å²) in [6.45, 7) is 5.54. The third-order valence-electron chi connectivity index (χ3n) is 3.11. The Morgan fingerprint density at radius 1 is 1.39 bits per heavy atom. The Hall–Kier alpha value is -1.61. The lowest BCUT2D eigenvalue weighted by atomic mass is 10.2. The van der Waals surface area contributed by atoms with Gasteiger partial charge >= 0.3 is 0 Å². The van der Waals surface area contributed by atoms with E-state index < -0.39 is 0 Å². The molecular formula is C15H20N2O. The quantitative estimate of drug-likeness (QED) is 0.821. The number of carbonyl (C=O) groups excluding carboxylic acids is 1. The van der Waals surface area contributed by atoms with Gasteiger partial charge in [-0.25, -0.2) is 0 Å². The zero-order valence-corrected chi connectivity index (χ0v) is 10.9. The molecule has 1 aliphatic heterocycles. The van der Waals surface area contributed by atoms with Crippen LogP contribution in [0.15, 0.2) is 42.0 Å². The van der Waals surface area contributed by atoms with E-state index in [1.165, 1.54) is 11.1 Å². The van der Waals surface area contributed by atoms with Gasteiger partial charge in [0.15, 0.2) is 0 Å². The average molecular weight is 244 g/mol. The Morgan fingerprint density at radius 2 is 2.17 bits per heavy atom. The maximum atomic E-state index is 11.5. The number of amides is 1. The van der Waals surface area contributed by atoms with Crippen LogP contribution < -0.4 is 5.32 Å². The van der Waals surface area contributed by atoms with Gasteiger partial charge in [-0.15, -0.1) is 0 Å². The number of nitrogens with zero attached hydrogens (tertiary/aromatic N) is 1. The monoisotopic (exact) mass is 244 g/mol. The summed E-state index contributed by atoms with van der Waals surface area (Å²) in [4.78, 5) is 13.8. The molecule has 1 aromatic carbocycles. The van der Waals surface area contributed by atoms with Crippen molar-refractivity contribution >= 4 is 5.91 Å². The van der Waals surface area contributed by atoms with Crippen molar-refractivity contribution in [2.45, 2.75) is 19.9 Å². The summed E-state index contributed by atoms with van der Waals surface area (Å²) in [5, 5.41) is 2.80. The van der Waals surface area contributed by atoms with Gasteiger partial charge < -0.3 is 5.32 Å². The van der Waals surface area contributed by atoms with Crippen LogP contribution in [-0.4, -0.2) is 30.4 Å². The summed E-state index contributed by atoms with van der Waals surface area (Å²) in [6, 6.07) is 10.5. The molecule has 0 bridgehead atoms. The number of carbonyl (C=O) groups is 1. The Labute approximate surface area is 108 Å². The maximum absolute atomic E-state index is 11.5. The molecule has 0 saturated carbocycles. The minimum Gasteiger partial charge on any atom is -0.353 e. The lowest BCUT2D eigenvalue weighted by Crippen LogP contribution is -2.21. The second-order valence-electron chi connectivity index (χ2n) is 4.64. The van der Waals surface area contributed by atoms with Gasteiger partial charge in [-0.2, -0.15) is 0 Å². The summed E-state index contributed by atoms with van der Waals surface area (Å²) in [6.07, 6.45) is 2.76. The van der Waals surface area contributed by atoms with Crippen molar-refractivity contribution in [3.63, 3.8) is 0 Å². The van der Waals surface area contributed by atoms with Gasteiger partial charge in [-0.05, 0) is 24.5 Å². The first-order valence-electron chi connectivity index (χ1n) is 6.51. The molecule has 0 aromatic heterocycles. The SMILES string of the molecule is CCNC(=O)/C=C1/CCN(Cc2ccccc2)C1. The van der Waals surface area contributed by atoms with Gasteiger partial charge in [0, 0.05) is 32.3 Å². The maximum Gasteiger partial charge on any atom is 0.243 e. The van der Waals surface area contributed by atoms with Gasteiger partial charge in [0.25, 0.3) is 0 Å². The zero-order chi connectivity index (χ0) is 12.8. The molecule has 1 fully saturated rings. The van der Waals surface area contributed by atoms with Crippen molar-refractivity contribution in [2.75, 3.05) is 19.6 Å². The van der Waals surface area contributed by atoms with Crippen LogP contribution in [0, 0.1) is 0 Å². The van der Waals surface area contributed by atoms with Gasteiger partial charge in [0.05, 0.1) is 0 Å². The van der Waals surface area contributed by atoms with Gasteiger partial charge in [0.2, 0.25) is 5.91 Å². The molecule has 1 amide bonds. The first-order valence-corrected chi connectivity index (χ1v) is 6.51. The van der Waals surface area contributed by atoms with E-state index in [-0.39, 0.29) is 5.91 Å². The number of nitrogens with one attached hydrogen (secondary N) is 1. The van der Waals surface area contributed by atoms with Crippen LogP contribution >= 0.6 is 0 Å². The smallest absolute Gasteiger partial charge is 0.243 e. The topological polar surface area (TPSA) is 32.3 Å². The molecule has 1 aromatic rings. The van der Waals surface area contributed by atoms with E-state index in [0.717, 1.165) is 26.1 Å². The molecule has 18 heavy (non-hydrogen) atoms. The predicted octanol–water partition coefficient (Wildman–Crippen LogP) is 1.95. The lowest BCUT2D eigenvalue weighted by molar-refractivity contribution is -0.116. The molecule has 3 heteroatoms. The first-order chi connectivity index (χ1) is 8.78. The van der Waals surface area contributed by atoms with Crippen molar-refractivity contribution in [2.24, 2.45) is 0 Å². The van der Waals surface area contributed by atoms with Crippen LogP contribution in [0.4, 0.5) is 0 Å². The third kappa shape index (κ3) is 3.70. The standard InChI is InChI=1S/C15H20N2O/c1-2-16-15(18)10-14-8-9-17(12-14)11-13-6-4-3-5-7-13/h3-7,10H,2,8-9,11-12H2,1H3,(H,16,18)/b14-10-. The predicted molar refractivity (Wildman–Crippen MR) is 73.1 cm³/mol. The largest absolute Gasteiger partial charge is 0.353 e. The van der Waals surface area contributed by atoms with Crippen LogP contribution in [0.25, 0.3) is 0 Å². The fraction of sp³-hybridized carbons (Fsp3) is 0.400. The molecule has 96 valence electrons. The highest BCUT2D eigenvalue weighted by molar-refractivity contribution is 5.88. The highest BCUT2D eigenvalue weighted by Crippen LogP contribution is 2.17. The normalized spacial score (nSPS) is 18.2. The summed E-state index contributed by atoms with van der Waals surface area (Å²) in [7, 11) is 0. The molecule has 1 N–H and O–H groups in total. The van der Waals surface area contributed by atoms with Crippen molar-refractivity contribution < 1.29 is 4.79 Å². The van der Waals surface area contributed by atoms with E-state index in [1.807, 2.05) is 13.0 Å². The molecule has 0 radical (unpaired) electrons. The number of likely N-dealkylation sites (tertiary alicyclic amines) is 1. The van der Waals surface area contributed by atoms with Gasteiger partial charge in [-0.3, -0.25) is 9.69 Å². The average Bonchev–Trinajstić information content (AvgIpc) is 2.78. The number of rotatable bonds is 4. The van der Waals surface area contributed by atoms with Crippen LogP contribution in [0.5, 0.6) is 0 Å². The molecule has 3 nitrogen and oxygen atoms in total. The zero-order valence-electron chi connectivity index (χ0n) is 10.9. The van der Waals surface area contributed by atoms with Crippen LogP contribution in [-0.2, 0) is 11.3 Å². The second-order valence-corrected chi connectivity index (χ2v) is 4.64. The van der Waals surface area contributed by atoms with Crippen molar-refractivity contribution in [3.8, 4) is 0 Å². The number of hydrogen-bond donors (Lipinski definition) is 1. The van der Waals surface area contributed by atoms with E-state index in [9.17, 15) is 4.79 Å². The van der Waals surface area contributed by atoms with Crippen molar-refractivity contribution in [3.05, 3.63) is 47.5 Å². The van der Waals surface area contributed by atoms with E-state index in [0.29, 0.717) is 6.54 Å². The molecule has 1 saturated heterocycles. The summed E-state index contributed by atoms with van der Waals surface area (Å²) in [5.41, 5.74) is 2.56. The lowest BCUT2D eigenvalue weighted by Gasteiger charge is -2.13. The number of benzene rings is 1. The minimum absolute atomic E-state index is 0.0362. The van der Waals surface area contributed by atoms with Crippen LogP contribution in [0.3, 0.4) is 0 Å². The number of hydrogen-bond acceptors (Lipinski definition) is 2. The fourth-order valence-electron chi connectivity index (χ4n) is 2.25. The Bertz CT molecular complexity index is 425. The van der Waals surface area contributed by atoms with Gasteiger partial charge in [0.1, 0.15) is 0 Å². The van der Waals surface area contributed by atoms with Crippen molar-refractivity contribution in [1.29, 1.82) is 0 Å². The molecule has 1 heterocycles. The van der Waals surface area contributed by atoms with E-state index >= 15 is 0 Å². The molecule has 1 aliphatic rings. The summed E-state index contributed by atoms with van der Waals surface area (Å²) >= 11 is 0. The molecule has 0 aliphatic carbocycles. The molecule has 0 spiro atoms. The highest BCUT2D eigenvalue weighted by Gasteiger charge is 2.17.